The molecule has 7 rings (SSSR count). The molecule has 1 aliphatic carbocycles. The molecular formula is C28H26N6O4. The van der Waals surface area contributed by atoms with Gasteiger partial charge in [-0.2, -0.15) is 5.21 Å². The number of aromatic nitrogens is 5. The lowest BCUT2D eigenvalue weighted by molar-refractivity contribution is -0.00566. The zero-order chi connectivity index (χ0) is 25.9. The van der Waals surface area contributed by atoms with Crippen molar-refractivity contribution >= 4 is 22.6 Å². The van der Waals surface area contributed by atoms with Crippen LogP contribution in [0.2, 0.25) is 0 Å². The molecule has 38 heavy (non-hydrogen) atoms. The minimum atomic E-state index is -0.623. The van der Waals surface area contributed by atoms with Crippen molar-refractivity contribution in [3.8, 4) is 22.9 Å². The summed E-state index contributed by atoms with van der Waals surface area (Å²) in [5.41, 5.74) is 3.11. The zero-order valence-corrected chi connectivity index (χ0v) is 20.9. The van der Waals surface area contributed by atoms with Crippen LogP contribution in [0.4, 0.5) is 0 Å². The molecule has 1 amide bonds. The van der Waals surface area contributed by atoms with Crippen molar-refractivity contribution < 1.29 is 19.1 Å². The van der Waals surface area contributed by atoms with E-state index in [1.165, 1.54) is 5.56 Å². The number of ketones is 1. The number of carbonyl (C=O) groups excluding carboxylic acids is 2. The van der Waals surface area contributed by atoms with E-state index in [0.717, 1.165) is 23.7 Å². The van der Waals surface area contributed by atoms with Crippen LogP contribution in [0.15, 0.2) is 42.6 Å². The number of carbonyl (C=O) groups is 2. The van der Waals surface area contributed by atoms with Gasteiger partial charge in [-0.3, -0.25) is 14.6 Å². The van der Waals surface area contributed by atoms with Gasteiger partial charge in [0, 0.05) is 43.1 Å². The van der Waals surface area contributed by atoms with E-state index >= 15 is 0 Å². The standard InChI is InChI=1S/C28H26N6O4/c1-37-18-13-20-19(16-2-3-16)6-9-29-25(20)22(14-18)27(36)34-10-7-28(8-11-34)15-23(35)21-12-17(4-5-24(21)38-28)26-30-32-33-31-26/h4-6,9,12-14,16H,2-3,7-8,10-11,15H2,1H3,(H,30,31,32,33). The third kappa shape index (κ3) is 3.79. The summed E-state index contributed by atoms with van der Waals surface area (Å²) in [6, 6.07) is 11.2. The maximum absolute atomic E-state index is 13.8. The van der Waals surface area contributed by atoms with E-state index < -0.39 is 5.60 Å². The number of hydrogen-bond acceptors (Lipinski definition) is 8. The number of methoxy groups -OCH3 is 1. The number of benzene rings is 2. The third-order valence-electron chi connectivity index (χ3n) is 7.99. The van der Waals surface area contributed by atoms with E-state index in [9.17, 15) is 9.59 Å². The first-order valence-corrected chi connectivity index (χ1v) is 12.9. The Labute approximate surface area is 218 Å². The molecule has 0 radical (unpaired) electrons. The van der Waals surface area contributed by atoms with Crippen molar-refractivity contribution in [1.82, 2.24) is 30.5 Å². The number of Topliss-reactive ketones (excluding diaryl/α,β-unsaturated/α-hetero) is 1. The molecule has 2 aliphatic heterocycles. The van der Waals surface area contributed by atoms with E-state index in [1.54, 1.807) is 31.5 Å². The fraction of sp³-hybridized carbons (Fsp3) is 0.357. The lowest BCUT2D eigenvalue weighted by Crippen LogP contribution is -2.52. The first-order chi connectivity index (χ1) is 18.5. The van der Waals surface area contributed by atoms with Gasteiger partial charge in [-0.1, -0.05) is 0 Å². The van der Waals surface area contributed by atoms with Gasteiger partial charge in [-0.05, 0) is 65.9 Å². The van der Waals surface area contributed by atoms with E-state index in [4.69, 9.17) is 9.47 Å². The largest absolute Gasteiger partial charge is 0.497 e. The summed E-state index contributed by atoms with van der Waals surface area (Å²) in [4.78, 5) is 33.4. The molecule has 0 unspecified atom stereocenters. The molecule has 4 heterocycles. The van der Waals surface area contributed by atoms with Crippen molar-refractivity contribution in [3.05, 3.63) is 59.3 Å². The molecule has 0 atom stereocenters. The number of hydrogen-bond donors (Lipinski definition) is 1. The van der Waals surface area contributed by atoms with Gasteiger partial charge < -0.3 is 14.4 Å². The average molecular weight is 511 g/mol. The van der Waals surface area contributed by atoms with Gasteiger partial charge >= 0.3 is 0 Å². The number of aromatic amines is 1. The molecule has 1 saturated heterocycles. The Hall–Kier alpha value is -4.34. The van der Waals surface area contributed by atoms with Crippen LogP contribution in [0, 0.1) is 0 Å². The normalized spacial score (nSPS) is 18.3. The maximum Gasteiger partial charge on any atom is 0.256 e. The SMILES string of the molecule is COc1cc(C(=O)N2CCC3(CC2)CC(=O)c2cc(-c4nn[nH]n4)ccc2O3)c2nccc(C3CC3)c2c1. The zero-order valence-electron chi connectivity index (χ0n) is 20.9. The molecule has 0 bridgehead atoms. The van der Waals surface area contributed by atoms with Crippen molar-refractivity contribution in [2.75, 3.05) is 20.2 Å². The maximum atomic E-state index is 13.8. The van der Waals surface area contributed by atoms with Crippen LogP contribution >= 0.6 is 0 Å². The highest BCUT2D eigenvalue weighted by Gasteiger charge is 2.44. The fourth-order valence-corrected chi connectivity index (χ4v) is 5.76. The van der Waals surface area contributed by atoms with Gasteiger partial charge in [-0.25, -0.2) is 0 Å². The summed E-state index contributed by atoms with van der Waals surface area (Å²) in [5, 5.41) is 15.0. The Balaban J connectivity index is 1.13. The molecule has 2 fully saturated rings. The number of likely N-dealkylation sites (tertiary alicyclic amines) is 1. The second kappa shape index (κ2) is 8.61. The lowest BCUT2D eigenvalue weighted by Gasteiger charge is -2.44. The minimum absolute atomic E-state index is 0.0203. The molecule has 1 spiro atoms. The highest BCUT2D eigenvalue weighted by Crippen LogP contribution is 2.44. The monoisotopic (exact) mass is 510 g/mol. The molecule has 10 heteroatoms. The topological polar surface area (TPSA) is 123 Å². The number of amides is 1. The molecule has 1 N–H and O–H groups in total. The van der Waals surface area contributed by atoms with Crippen LogP contribution in [0.1, 0.15) is 64.3 Å². The Morgan fingerprint density at radius 2 is 2.00 bits per heavy atom. The Morgan fingerprint density at radius 1 is 1.16 bits per heavy atom. The molecule has 2 aromatic heterocycles. The molecule has 10 nitrogen and oxygen atoms in total. The van der Waals surface area contributed by atoms with Crippen LogP contribution in [0.3, 0.4) is 0 Å². The first kappa shape index (κ1) is 22.8. The summed E-state index contributed by atoms with van der Waals surface area (Å²) in [5.74, 6) is 2.11. The Morgan fingerprint density at radius 3 is 2.74 bits per heavy atom. The summed E-state index contributed by atoms with van der Waals surface area (Å²) in [6.07, 6.45) is 5.53. The number of fused-ring (bicyclic) bond motifs is 2. The first-order valence-electron chi connectivity index (χ1n) is 12.9. The second-order valence-corrected chi connectivity index (χ2v) is 10.4. The van der Waals surface area contributed by atoms with Gasteiger partial charge in [0.1, 0.15) is 17.1 Å². The fourth-order valence-electron chi connectivity index (χ4n) is 5.76. The summed E-state index contributed by atoms with van der Waals surface area (Å²) in [6.45, 7) is 0.979. The van der Waals surface area contributed by atoms with Crippen LogP contribution in [-0.2, 0) is 0 Å². The number of ether oxygens (including phenoxy) is 2. The van der Waals surface area contributed by atoms with Crippen molar-refractivity contribution in [2.24, 2.45) is 0 Å². The summed E-state index contributed by atoms with van der Waals surface area (Å²) >= 11 is 0. The van der Waals surface area contributed by atoms with E-state index in [-0.39, 0.29) is 18.1 Å². The third-order valence-corrected chi connectivity index (χ3v) is 7.99. The number of pyridine rings is 1. The second-order valence-electron chi connectivity index (χ2n) is 10.4. The van der Waals surface area contributed by atoms with Crippen molar-refractivity contribution in [2.45, 2.75) is 43.6 Å². The Bertz CT molecular complexity index is 1570. The predicted molar refractivity (Wildman–Crippen MR) is 137 cm³/mol. The minimum Gasteiger partial charge on any atom is -0.497 e. The number of tetrazole rings is 1. The summed E-state index contributed by atoms with van der Waals surface area (Å²) < 4.78 is 12.0. The number of nitrogens with one attached hydrogen (secondary N) is 1. The Kier molecular flexibility index (Phi) is 5.17. The molecular weight excluding hydrogens is 484 g/mol. The molecule has 2 aromatic carbocycles. The van der Waals surface area contributed by atoms with E-state index in [1.807, 2.05) is 17.0 Å². The van der Waals surface area contributed by atoms with Crippen LogP contribution in [0.25, 0.3) is 22.3 Å². The number of H-pyrrole nitrogens is 1. The molecule has 192 valence electrons. The molecule has 3 aliphatic rings. The highest BCUT2D eigenvalue weighted by molar-refractivity contribution is 6.07. The van der Waals surface area contributed by atoms with Gasteiger partial charge in [0.05, 0.1) is 30.2 Å². The van der Waals surface area contributed by atoms with E-state index in [0.29, 0.717) is 65.9 Å². The lowest BCUT2D eigenvalue weighted by atomic mass is 9.82. The van der Waals surface area contributed by atoms with Crippen LogP contribution in [0.5, 0.6) is 11.5 Å². The van der Waals surface area contributed by atoms with Gasteiger partial charge in [0.15, 0.2) is 5.78 Å². The smallest absolute Gasteiger partial charge is 0.256 e. The average Bonchev–Trinajstić information content (AvgIpc) is 3.64. The quantitative estimate of drug-likeness (QED) is 0.438. The molecule has 4 aromatic rings. The van der Waals surface area contributed by atoms with Gasteiger partial charge in [-0.15, -0.1) is 10.2 Å². The number of piperidine rings is 1. The number of nitrogens with zero attached hydrogens (tertiary/aromatic N) is 5. The van der Waals surface area contributed by atoms with E-state index in [2.05, 4.69) is 31.7 Å². The summed E-state index contributed by atoms with van der Waals surface area (Å²) in [7, 11) is 1.62. The van der Waals surface area contributed by atoms with Crippen LogP contribution in [-0.4, -0.2) is 68.0 Å². The highest BCUT2D eigenvalue weighted by atomic mass is 16.5. The van der Waals surface area contributed by atoms with Crippen LogP contribution < -0.4 is 9.47 Å². The predicted octanol–water partition coefficient (Wildman–Crippen LogP) is 3.94. The van der Waals surface area contributed by atoms with Crippen molar-refractivity contribution in [1.29, 1.82) is 0 Å². The van der Waals surface area contributed by atoms with Crippen molar-refractivity contribution in [3.63, 3.8) is 0 Å². The van der Waals surface area contributed by atoms with Gasteiger partial charge in [0.25, 0.3) is 5.91 Å². The molecule has 1 saturated carbocycles. The van der Waals surface area contributed by atoms with Gasteiger partial charge in [0.2, 0.25) is 5.82 Å². The number of rotatable bonds is 4.